The van der Waals surface area contributed by atoms with E-state index in [0.717, 1.165) is 4.88 Å². The topological polar surface area (TPSA) is 70.0 Å². The van der Waals surface area contributed by atoms with Gasteiger partial charge in [0.1, 0.15) is 0 Å². The fraction of sp³-hybridized carbons (Fsp3) is 0.118. The largest absolute Gasteiger partial charge is 0.478 e. The van der Waals surface area contributed by atoms with Crippen LogP contribution in [-0.2, 0) is 4.79 Å². The average Bonchev–Trinajstić information content (AvgIpc) is 3.17. The van der Waals surface area contributed by atoms with Crippen molar-refractivity contribution in [3.8, 4) is 0 Å². The first-order valence-corrected chi connectivity index (χ1v) is 8.95. The molecule has 7 heteroatoms. The molecule has 2 aromatic rings. The molecule has 1 aromatic carbocycles. The summed E-state index contributed by atoms with van der Waals surface area (Å²) >= 11 is 2.82. The molecule has 0 bridgehead atoms. The molecule has 0 unspecified atom stereocenters. The van der Waals surface area contributed by atoms with E-state index in [-0.39, 0.29) is 11.5 Å². The van der Waals surface area contributed by atoms with Crippen LogP contribution in [-0.4, -0.2) is 33.6 Å². The van der Waals surface area contributed by atoms with E-state index in [1.54, 1.807) is 34.4 Å². The summed E-state index contributed by atoms with van der Waals surface area (Å²) in [5.41, 5.74) is 0.459. The van der Waals surface area contributed by atoms with Gasteiger partial charge in [-0.3, -0.25) is 9.69 Å². The van der Waals surface area contributed by atoms with Crippen LogP contribution < -0.4 is 0 Å². The first-order chi connectivity index (χ1) is 11.6. The highest BCUT2D eigenvalue weighted by Gasteiger charge is 2.32. The number of benzene rings is 1. The third-order valence-electron chi connectivity index (χ3n) is 3.37. The Balaban J connectivity index is 1.99. The van der Waals surface area contributed by atoms with Gasteiger partial charge in [0.25, 0.3) is 5.91 Å². The molecule has 0 atom stereocenters. The number of thioether (sulfide) groups is 1. The highest BCUT2D eigenvalue weighted by atomic mass is 32.2. The summed E-state index contributed by atoms with van der Waals surface area (Å²) in [5.74, 6) is -1.15. The number of para-hydroxylation sites is 1. The first-order valence-electron chi connectivity index (χ1n) is 7.26. The number of thiophene rings is 1. The number of hydrogen-bond acceptors (Lipinski definition) is 5. The summed E-state index contributed by atoms with van der Waals surface area (Å²) in [6.45, 7) is 2.34. The third-order valence-corrected chi connectivity index (χ3v) is 5.20. The Morgan fingerprint density at radius 3 is 2.75 bits per heavy atom. The third kappa shape index (κ3) is 3.27. The molecule has 1 saturated heterocycles. The van der Waals surface area contributed by atoms with Gasteiger partial charge in [-0.15, -0.1) is 11.3 Å². The maximum atomic E-state index is 12.5. The number of hydrogen-bond donors (Lipinski definition) is 1. The molecule has 1 amide bonds. The van der Waals surface area contributed by atoms with Crippen molar-refractivity contribution in [2.24, 2.45) is 4.99 Å². The predicted molar refractivity (Wildman–Crippen MR) is 97.8 cm³/mol. The number of rotatable bonds is 4. The van der Waals surface area contributed by atoms with E-state index in [4.69, 9.17) is 0 Å². The Morgan fingerprint density at radius 1 is 1.29 bits per heavy atom. The molecule has 3 rings (SSSR count). The quantitative estimate of drug-likeness (QED) is 0.837. The molecule has 1 aliphatic rings. The fourth-order valence-electron chi connectivity index (χ4n) is 2.23. The van der Waals surface area contributed by atoms with Crippen LogP contribution in [0.1, 0.15) is 22.2 Å². The SMILES string of the molecule is CCN1C(=O)/C(=C/c2cccs2)SC1=Nc1ccccc1C(=O)O. The summed E-state index contributed by atoms with van der Waals surface area (Å²) in [6.07, 6.45) is 1.84. The van der Waals surface area contributed by atoms with Crippen LogP contribution in [0, 0.1) is 0 Å². The molecule has 5 nitrogen and oxygen atoms in total. The van der Waals surface area contributed by atoms with Gasteiger partial charge >= 0.3 is 5.97 Å². The van der Waals surface area contributed by atoms with Gasteiger partial charge in [-0.1, -0.05) is 18.2 Å². The molecule has 1 fully saturated rings. The minimum absolute atomic E-state index is 0.109. The van der Waals surface area contributed by atoms with Gasteiger partial charge in [-0.25, -0.2) is 9.79 Å². The van der Waals surface area contributed by atoms with Crippen molar-refractivity contribution in [2.75, 3.05) is 6.54 Å². The lowest BCUT2D eigenvalue weighted by molar-refractivity contribution is -0.122. The summed E-state index contributed by atoms with van der Waals surface area (Å²) < 4.78 is 0. The van der Waals surface area contributed by atoms with E-state index < -0.39 is 5.97 Å². The van der Waals surface area contributed by atoms with Crippen LogP contribution in [0.5, 0.6) is 0 Å². The Hall–Kier alpha value is -2.38. The van der Waals surface area contributed by atoms with E-state index in [9.17, 15) is 14.7 Å². The molecule has 1 aromatic heterocycles. The van der Waals surface area contributed by atoms with Crippen molar-refractivity contribution in [2.45, 2.75) is 6.92 Å². The Kier molecular flexibility index (Phi) is 4.82. The normalized spacial score (nSPS) is 17.9. The zero-order chi connectivity index (χ0) is 17.1. The first kappa shape index (κ1) is 16.5. The van der Waals surface area contributed by atoms with Crippen LogP contribution in [0.3, 0.4) is 0 Å². The monoisotopic (exact) mass is 358 g/mol. The van der Waals surface area contributed by atoms with Crippen LogP contribution in [0.2, 0.25) is 0 Å². The number of likely N-dealkylation sites (N-methyl/N-ethyl adjacent to an activating group) is 1. The summed E-state index contributed by atoms with van der Waals surface area (Å²) in [7, 11) is 0. The standard InChI is InChI=1S/C17H14N2O3S2/c1-2-19-15(20)14(10-11-6-5-9-23-11)24-17(19)18-13-8-4-3-7-12(13)16(21)22/h3-10H,2H2,1H3,(H,21,22)/b14-10-,18-17?. The number of nitrogens with zero attached hydrogens (tertiary/aromatic N) is 2. The second kappa shape index (κ2) is 7.02. The molecule has 0 aliphatic carbocycles. The van der Waals surface area contributed by atoms with Crippen LogP contribution in [0.4, 0.5) is 5.69 Å². The molecular formula is C17H14N2O3S2. The number of carbonyl (C=O) groups excluding carboxylic acids is 1. The van der Waals surface area contributed by atoms with Crippen molar-refractivity contribution >= 4 is 51.9 Å². The maximum Gasteiger partial charge on any atom is 0.337 e. The molecule has 0 saturated carbocycles. The summed E-state index contributed by atoms with van der Waals surface area (Å²) in [6, 6.07) is 10.4. The van der Waals surface area contributed by atoms with Gasteiger partial charge in [0.15, 0.2) is 5.17 Å². The number of aromatic carboxylic acids is 1. The highest BCUT2D eigenvalue weighted by Crippen LogP contribution is 2.35. The van der Waals surface area contributed by atoms with E-state index in [2.05, 4.69) is 4.99 Å². The van der Waals surface area contributed by atoms with Gasteiger partial charge < -0.3 is 5.11 Å². The molecule has 24 heavy (non-hydrogen) atoms. The average molecular weight is 358 g/mol. The van der Waals surface area contributed by atoms with Gasteiger partial charge in [0, 0.05) is 11.4 Å². The van der Waals surface area contributed by atoms with Crippen molar-refractivity contribution in [3.63, 3.8) is 0 Å². The Labute approximate surface area is 147 Å². The second-order valence-corrected chi connectivity index (χ2v) is 6.88. The molecule has 0 spiro atoms. The molecule has 2 heterocycles. The lowest BCUT2D eigenvalue weighted by atomic mass is 10.2. The number of amidine groups is 1. The zero-order valence-corrected chi connectivity index (χ0v) is 14.4. The van der Waals surface area contributed by atoms with Gasteiger partial charge in [-0.05, 0) is 48.3 Å². The van der Waals surface area contributed by atoms with Gasteiger partial charge in [0.05, 0.1) is 16.2 Å². The van der Waals surface area contributed by atoms with Crippen molar-refractivity contribution in [1.82, 2.24) is 4.90 Å². The van der Waals surface area contributed by atoms with E-state index >= 15 is 0 Å². The smallest absolute Gasteiger partial charge is 0.337 e. The second-order valence-electron chi connectivity index (χ2n) is 4.89. The van der Waals surface area contributed by atoms with E-state index in [0.29, 0.717) is 22.3 Å². The number of carbonyl (C=O) groups is 2. The lowest BCUT2D eigenvalue weighted by Gasteiger charge is -2.12. The van der Waals surface area contributed by atoms with Crippen molar-refractivity contribution < 1.29 is 14.7 Å². The molecule has 0 radical (unpaired) electrons. The minimum atomic E-state index is -1.04. The van der Waals surface area contributed by atoms with Crippen molar-refractivity contribution in [1.29, 1.82) is 0 Å². The van der Waals surface area contributed by atoms with Crippen LogP contribution >= 0.6 is 23.1 Å². The molecule has 1 aliphatic heterocycles. The van der Waals surface area contributed by atoms with Crippen LogP contribution in [0.15, 0.2) is 51.7 Å². The Bertz CT molecular complexity index is 841. The summed E-state index contributed by atoms with van der Waals surface area (Å²) in [5, 5.41) is 11.7. The van der Waals surface area contributed by atoms with Gasteiger partial charge in [-0.2, -0.15) is 0 Å². The minimum Gasteiger partial charge on any atom is -0.478 e. The Morgan fingerprint density at radius 2 is 2.08 bits per heavy atom. The number of carboxylic acid groups (broad SMARTS) is 1. The van der Waals surface area contributed by atoms with Crippen molar-refractivity contribution in [3.05, 3.63) is 57.1 Å². The van der Waals surface area contributed by atoms with Gasteiger partial charge in [0.2, 0.25) is 0 Å². The molecule has 122 valence electrons. The van der Waals surface area contributed by atoms with E-state index in [1.165, 1.54) is 17.8 Å². The number of amides is 1. The zero-order valence-electron chi connectivity index (χ0n) is 12.8. The molecule has 1 N–H and O–H groups in total. The lowest BCUT2D eigenvalue weighted by Crippen LogP contribution is -2.28. The molecular weight excluding hydrogens is 344 g/mol. The van der Waals surface area contributed by atoms with E-state index in [1.807, 2.05) is 30.5 Å². The number of aliphatic imine (C=N–C) groups is 1. The highest BCUT2D eigenvalue weighted by molar-refractivity contribution is 8.18. The fourth-order valence-corrected chi connectivity index (χ4v) is 4.01. The maximum absolute atomic E-state index is 12.5. The number of carboxylic acids is 1. The summed E-state index contributed by atoms with van der Waals surface area (Å²) in [4.78, 5) is 31.4. The predicted octanol–water partition coefficient (Wildman–Crippen LogP) is 4.07. The van der Waals surface area contributed by atoms with Crippen LogP contribution in [0.25, 0.3) is 6.08 Å².